The van der Waals surface area contributed by atoms with Gasteiger partial charge in [0.05, 0.1) is 16.7 Å². The van der Waals surface area contributed by atoms with Gasteiger partial charge in [-0.1, -0.05) is 0 Å². The fourth-order valence-corrected chi connectivity index (χ4v) is 3.07. The minimum atomic E-state index is -0.882. The van der Waals surface area contributed by atoms with Gasteiger partial charge >= 0.3 is 0 Å². The van der Waals surface area contributed by atoms with Crippen LogP contribution in [0, 0.1) is 15.9 Å². The molecule has 1 aromatic carbocycles. The highest BCUT2D eigenvalue weighted by Crippen LogP contribution is 2.26. The van der Waals surface area contributed by atoms with E-state index in [1.54, 1.807) is 11.8 Å². The molecule has 0 spiro atoms. The molecule has 9 heteroatoms. The Morgan fingerprint density at radius 3 is 2.85 bits per heavy atom. The number of anilines is 1. The van der Waals surface area contributed by atoms with E-state index in [1.807, 2.05) is 0 Å². The molecule has 0 bridgehead atoms. The van der Waals surface area contributed by atoms with Crippen LogP contribution in [0.3, 0.4) is 0 Å². The maximum Gasteiger partial charge on any atom is 0.285 e. The second-order valence-corrected chi connectivity index (χ2v) is 5.43. The molecular weight excluding hydrogens is 287 g/mol. The summed E-state index contributed by atoms with van der Waals surface area (Å²) in [4.78, 5) is 22.2. The van der Waals surface area contributed by atoms with Gasteiger partial charge in [0.1, 0.15) is 5.56 Å². The molecule has 20 heavy (non-hydrogen) atoms. The molecule has 4 N–H and O–H groups in total. The van der Waals surface area contributed by atoms with Gasteiger partial charge < -0.3 is 10.7 Å². The number of amides is 1. The van der Waals surface area contributed by atoms with Crippen molar-refractivity contribution in [2.75, 3.05) is 16.9 Å². The van der Waals surface area contributed by atoms with E-state index in [9.17, 15) is 19.3 Å². The van der Waals surface area contributed by atoms with Gasteiger partial charge in [-0.05, 0) is 18.2 Å². The number of hydrogen-bond acceptors (Lipinski definition) is 6. The minimum Gasteiger partial charge on any atom is -0.348 e. The number of hydrazine groups is 1. The Bertz CT molecular complexity index is 549. The number of nitro benzene ring substituents is 1. The molecule has 1 amide bonds. The summed E-state index contributed by atoms with van der Waals surface area (Å²) >= 11 is 1.70. The summed E-state index contributed by atoms with van der Waals surface area (Å²) in [5.41, 5.74) is 1.12. The Labute approximate surface area is 118 Å². The van der Waals surface area contributed by atoms with Crippen LogP contribution in [0.4, 0.5) is 15.8 Å². The Balaban J connectivity index is 2.32. The predicted molar refractivity (Wildman–Crippen MR) is 74.1 cm³/mol. The highest BCUT2D eigenvalue weighted by Gasteiger charge is 2.26. The van der Waals surface area contributed by atoms with Crippen molar-refractivity contribution in [1.82, 2.24) is 5.32 Å². The quantitative estimate of drug-likeness (QED) is 0.438. The van der Waals surface area contributed by atoms with Crippen molar-refractivity contribution < 1.29 is 14.1 Å². The van der Waals surface area contributed by atoms with Gasteiger partial charge in [-0.25, -0.2) is 4.39 Å². The molecule has 2 rings (SSSR count). The summed E-state index contributed by atoms with van der Waals surface area (Å²) in [6.45, 7) is 0. The van der Waals surface area contributed by atoms with Crippen molar-refractivity contribution in [3.8, 4) is 0 Å². The first-order valence-electron chi connectivity index (χ1n) is 5.86. The fourth-order valence-electron chi connectivity index (χ4n) is 1.92. The van der Waals surface area contributed by atoms with Gasteiger partial charge in [0.2, 0.25) is 0 Å². The number of nitrogens with two attached hydrogens (primary N) is 1. The largest absolute Gasteiger partial charge is 0.348 e. The number of nitrogens with one attached hydrogen (secondary N) is 2. The summed E-state index contributed by atoms with van der Waals surface area (Å²) < 4.78 is 13.5. The molecule has 1 aliphatic heterocycles. The van der Waals surface area contributed by atoms with Crippen molar-refractivity contribution in [3.63, 3.8) is 0 Å². The first-order valence-corrected chi connectivity index (χ1v) is 7.01. The highest BCUT2D eigenvalue weighted by atomic mass is 32.2. The molecule has 1 aromatic rings. The van der Waals surface area contributed by atoms with Crippen molar-refractivity contribution in [1.29, 1.82) is 0 Å². The second-order valence-electron chi connectivity index (χ2n) is 4.28. The molecular formula is C11H13FN4O3S. The smallest absolute Gasteiger partial charge is 0.285 e. The third kappa shape index (κ3) is 2.99. The number of carbonyl (C=O) groups is 1. The van der Waals surface area contributed by atoms with Crippen LogP contribution in [0.2, 0.25) is 0 Å². The number of benzene rings is 1. The molecule has 0 radical (unpaired) electrons. The molecule has 0 saturated carbocycles. The molecule has 0 aliphatic carbocycles. The highest BCUT2D eigenvalue weighted by molar-refractivity contribution is 7.99. The number of carbonyl (C=O) groups excluding carboxylic acids is 1. The summed E-state index contributed by atoms with van der Waals surface area (Å²) in [6, 6.07) is 1.71. The zero-order valence-electron chi connectivity index (χ0n) is 10.4. The van der Waals surface area contributed by atoms with Crippen LogP contribution >= 0.6 is 11.8 Å². The van der Waals surface area contributed by atoms with E-state index in [-0.39, 0.29) is 17.3 Å². The standard InChI is InChI=1S/C11H13FN4O3S/c12-8-4-10(16(18)19)7(3-9(8)15-13)11(17)14-6-1-2-20-5-6/h3-4,6,15H,1-2,5,13H2,(H,14,17). The van der Waals surface area contributed by atoms with Gasteiger partial charge in [-0.3, -0.25) is 20.8 Å². The van der Waals surface area contributed by atoms with Gasteiger partial charge in [-0.2, -0.15) is 11.8 Å². The number of hydrogen-bond donors (Lipinski definition) is 3. The SMILES string of the molecule is NNc1cc(C(=O)NC2CCSC2)c([N+](=O)[O-])cc1F. The number of halogens is 1. The van der Waals surface area contributed by atoms with Gasteiger partial charge in [-0.15, -0.1) is 0 Å². The first kappa shape index (κ1) is 14.5. The van der Waals surface area contributed by atoms with Crippen LogP contribution in [0.25, 0.3) is 0 Å². The Kier molecular flexibility index (Phi) is 4.40. The Morgan fingerprint density at radius 1 is 1.55 bits per heavy atom. The number of nitrogen functional groups attached to an aromatic ring is 1. The molecule has 1 fully saturated rings. The lowest BCUT2D eigenvalue weighted by molar-refractivity contribution is -0.385. The normalized spacial score (nSPS) is 17.8. The molecule has 1 saturated heterocycles. The molecule has 7 nitrogen and oxygen atoms in total. The van der Waals surface area contributed by atoms with Crippen molar-refractivity contribution >= 4 is 29.0 Å². The number of thioether (sulfide) groups is 1. The van der Waals surface area contributed by atoms with E-state index in [2.05, 4.69) is 10.7 Å². The van der Waals surface area contributed by atoms with Crippen LogP contribution in [0.5, 0.6) is 0 Å². The van der Waals surface area contributed by atoms with Crippen LogP contribution in [0.1, 0.15) is 16.8 Å². The average molecular weight is 300 g/mol. The Morgan fingerprint density at radius 2 is 2.30 bits per heavy atom. The fraction of sp³-hybridized carbons (Fsp3) is 0.364. The van der Waals surface area contributed by atoms with Crippen LogP contribution in [0.15, 0.2) is 12.1 Å². The third-order valence-electron chi connectivity index (χ3n) is 2.95. The number of nitro groups is 1. The summed E-state index contributed by atoms with van der Waals surface area (Å²) in [5, 5.41) is 13.6. The maximum absolute atomic E-state index is 13.5. The zero-order chi connectivity index (χ0) is 14.7. The monoisotopic (exact) mass is 300 g/mol. The first-order chi connectivity index (χ1) is 9.52. The molecule has 108 valence electrons. The lowest BCUT2D eigenvalue weighted by Gasteiger charge is -2.12. The number of nitrogens with zero attached hydrogens (tertiary/aromatic N) is 1. The van der Waals surface area contributed by atoms with Crippen LogP contribution in [-0.2, 0) is 0 Å². The second kappa shape index (κ2) is 6.06. The molecule has 1 unspecified atom stereocenters. The summed E-state index contributed by atoms with van der Waals surface area (Å²) in [6.07, 6.45) is 0.813. The lowest BCUT2D eigenvalue weighted by atomic mass is 10.1. The molecule has 1 atom stereocenters. The maximum atomic E-state index is 13.5. The van der Waals surface area contributed by atoms with Gasteiger partial charge in [0, 0.05) is 11.8 Å². The minimum absolute atomic E-state index is 0.0218. The lowest BCUT2D eigenvalue weighted by Crippen LogP contribution is -2.35. The Hall–Kier alpha value is -1.87. The third-order valence-corrected chi connectivity index (χ3v) is 4.11. The molecule has 1 aliphatic rings. The molecule has 0 aromatic heterocycles. The number of rotatable bonds is 4. The van der Waals surface area contributed by atoms with E-state index < -0.39 is 22.3 Å². The van der Waals surface area contributed by atoms with E-state index >= 15 is 0 Å². The van der Waals surface area contributed by atoms with Crippen molar-refractivity contribution in [3.05, 3.63) is 33.6 Å². The van der Waals surface area contributed by atoms with Crippen molar-refractivity contribution in [2.24, 2.45) is 5.84 Å². The molecule has 1 heterocycles. The summed E-state index contributed by atoms with van der Waals surface area (Å²) in [5.74, 6) is 5.34. The average Bonchev–Trinajstić information content (AvgIpc) is 2.90. The van der Waals surface area contributed by atoms with Gasteiger partial charge in [0.25, 0.3) is 11.6 Å². The van der Waals surface area contributed by atoms with Gasteiger partial charge in [0.15, 0.2) is 5.82 Å². The van der Waals surface area contributed by atoms with Crippen LogP contribution in [-0.4, -0.2) is 28.4 Å². The summed E-state index contributed by atoms with van der Waals surface area (Å²) in [7, 11) is 0. The topological polar surface area (TPSA) is 110 Å². The van der Waals surface area contributed by atoms with E-state index in [1.165, 1.54) is 0 Å². The van der Waals surface area contributed by atoms with E-state index in [0.717, 1.165) is 24.0 Å². The van der Waals surface area contributed by atoms with E-state index in [4.69, 9.17) is 5.84 Å². The zero-order valence-corrected chi connectivity index (χ0v) is 11.2. The van der Waals surface area contributed by atoms with Crippen molar-refractivity contribution in [2.45, 2.75) is 12.5 Å². The predicted octanol–water partition coefficient (Wildman–Crippen LogP) is 1.25. The van der Waals surface area contributed by atoms with Crippen LogP contribution < -0.4 is 16.6 Å². The van der Waals surface area contributed by atoms with E-state index in [0.29, 0.717) is 6.07 Å².